The van der Waals surface area contributed by atoms with Crippen molar-refractivity contribution in [2.75, 3.05) is 0 Å². The van der Waals surface area contributed by atoms with Gasteiger partial charge in [-0.25, -0.2) is 0 Å². The van der Waals surface area contributed by atoms with Gasteiger partial charge in [-0.05, 0) is 12.1 Å². The van der Waals surface area contributed by atoms with Crippen molar-refractivity contribution in [2.24, 2.45) is 0 Å². The van der Waals surface area contributed by atoms with E-state index in [0.717, 1.165) is 5.39 Å². The first-order valence-electron chi connectivity index (χ1n) is 5.57. The van der Waals surface area contributed by atoms with Crippen molar-refractivity contribution >= 4 is 16.6 Å². The summed E-state index contributed by atoms with van der Waals surface area (Å²) in [5.41, 5.74) is 1.87. The molecule has 0 saturated carbocycles. The summed E-state index contributed by atoms with van der Waals surface area (Å²) < 4.78 is 0. The van der Waals surface area contributed by atoms with E-state index in [4.69, 9.17) is 0 Å². The Morgan fingerprint density at radius 2 is 2.05 bits per heavy atom. The van der Waals surface area contributed by atoms with Crippen LogP contribution >= 0.6 is 0 Å². The fraction of sp³-hybridized carbons (Fsp3) is 0. The number of hydrogen-bond donors (Lipinski definition) is 0. The van der Waals surface area contributed by atoms with Gasteiger partial charge in [0.25, 0.3) is 5.69 Å². The summed E-state index contributed by atoms with van der Waals surface area (Å²) in [7, 11) is 0. The molecule has 0 aliphatic rings. The molecular weight excluding hydrogens is 244 g/mol. The predicted octanol–water partition coefficient (Wildman–Crippen LogP) is 2.60. The number of non-ortho nitro benzene ring substituents is 1. The third kappa shape index (κ3) is 1.99. The molecule has 0 fully saturated rings. The van der Waals surface area contributed by atoms with E-state index >= 15 is 0 Å². The molecule has 6 nitrogen and oxygen atoms in total. The summed E-state index contributed by atoms with van der Waals surface area (Å²) in [6.07, 6.45) is 3.27. The average molecular weight is 252 g/mol. The van der Waals surface area contributed by atoms with E-state index in [-0.39, 0.29) is 5.69 Å². The molecule has 0 bridgehead atoms. The molecule has 92 valence electrons. The molecule has 6 heteroatoms. The first-order valence-corrected chi connectivity index (χ1v) is 5.57. The summed E-state index contributed by atoms with van der Waals surface area (Å²) in [5.74, 6) is 0. The maximum atomic E-state index is 10.8. The largest absolute Gasteiger partial charge is 0.270 e. The Balaban J connectivity index is 2.24. The topological polar surface area (TPSA) is 81.8 Å². The van der Waals surface area contributed by atoms with Crippen LogP contribution in [-0.2, 0) is 0 Å². The number of benzene rings is 1. The molecule has 1 aromatic carbocycles. The minimum atomic E-state index is -0.435. The number of nitrogens with zero attached hydrogens (tertiary/aromatic N) is 4. The highest BCUT2D eigenvalue weighted by Crippen LogP contribution is 2.26. The van der Waals surface area contributed by atoms with Crippen molar-refractivity contribution in [1.29, 1.82) is 0 Å². The van der Waals surface area contributed by atoms with Gasteiger partial charge in [-0.15, -0.1) is 5.10 Å². The van der Waals surface area contributed by atoms with E-state index in [1.165, 1.54) is 12.1 Å². The van der Waals surface area contributed by atoms with Gasteiger partial charge in [0.2, 0.25) is 0 Å². The van der Waals surface area contributed by atoms with Crippen molar-refractivity contribution in [1.82, 2.24) is 15.2 Å². The molecule has 2 aromatic heterocycles. The van der Waals surface area contributed by atoms with Gasteiger partial charge in [0.05, 0.1) is 16.6 Å². The van der Waals surface area contributed by atoms with Gasteiger partial charge in [0, 0.05) is 29.3 Å². The Kier molecular flexibility index (Phi) is 2.60. The molecule has 3 rings (SSSR count). The van der Waals surface area contributed by atoms with Crippen LogP contribution in [0.3, 0.4) is 0 Å². The Morgan fingerprint density at radius 3 is 2.89 bits per heavy atom. The van der Waals surface area contributed by atoms with Crippen LogP contribution in [0.15, 0.2) is 48.8 Å². The van der Waals surface area contributed by atoms with Gasteiger partial charge in [0.1, 0.15) is 5.69 Å². The lowest BCUT2D eigenvalue weighted by molar-refractivity contribution is -0.384. The van der Waals surface area contributed by atoms with Crippen molar-refractivity contribution in [3.05, 3.63) is 58.9 Å². The van der Waals surface area contributed by atoms with Gasteiger partial charge >= 0.3 is 0 Å². The zero-order valence-corrected chi connectivity index (χ0v) is 9.72. The van der Waals surface area contributed by atoms with E-state index < -0.39 is 4.92 Å². The zero-order chi connectivity index (χ0) is 13.2. The van der Waals surface area contributed by atoms with Crippen LogP contribution in [-0.4, -0.2) is 20.1 Å². The SMILES string of the molecule is O=[N+]([O-])c1cccc(-c2nncc3cccnc23)c1. The maximum Gasteiger partial charge on any atom is 0.270 e. The Labute approximate surface area is 107 Å². The number of nitro groups is 1. The van der Waals surface area contributed by atoms with Crippen LogP contribution < -0.4 is 0 Å². The van der Waals surface area contributed by atoms with Crippen LogP contribution in [0.5, 0.6) is 0 Å². The maximum absolute atomic E-state index is 10.8. The fourth-order valence-corrected chi connectivity index (χ4v) is 1.88. The second kappa shape index (κ2) is 4.41. The van der Waals surface area contributed by atoms with E-state index in [9.17, 15) is 10.1 Å². The van der Waals surface area contributed by atoms with Crippen molar-refractivity contribution in [3.8, 4) is 11.3 Å². The number of fused-ring (bicyclic) bond motifs is 1. The molecule has 0 atom stereocenters. The van der Waals surface area contributed by atoms with Crippen molar-refractivity contribution < 1.29 is 4.92 Å². The summed E-state index contributed by atoms with van der Waals surface area (Å²) in [6.45, 7) is 0. The second-order valence-electron chi connectivity index (χ2n) is 3.94. The lowest BCUT2D eigenvalue weighted by atomic mass is 10.1. The predicted molar refractivity (Wildman–Crippen MR) is 69.4 cm³/mol. The smallest absolute Gasteiger partial charge is 0.258 e. The van der Waals surface area contributed by atoms with Gasteiger partial charge in [-0.3, -0.25) is 15.1 Å². The average Bonchev–Trinajstić information content (AvgIpc) is 2.47. The monoisotopic (exact) mass is 252 g/mol. The van der Waals surface area contributed by atoms with Crippen LogP contribution in [0.25, 0.3) is 22.2 Å². The van der Waals surface area contributed by atoms with Crippen LogP contribution in [0.1, 0.15) is 0 Å². The van der Waals surface area contributed by atoms with E-state index in [2.05, 4.69) is 15.2 Å². The van der Waals surface area contributed by atoms with Gasteiger partial charge in [0.15, 0.2) is 0 Å². The van der Waals surface area contributed by atoms with Crippen LogP contribution in [0.2, 0.25) is 0 Å². The lowest BCUT2D eigenvalue weighted by Crippen LogP contribution is -1.93. The number of rotatable bonds is 2. The molecule has 0 amide bonds. The number of nitro benzene ring substituents is 1. The molecule has 0 saturated heterocycles. The van der Waals surface area contributed by atoms with Gasteiger partial charge in [-0.2, -0.15) is 5.10 Å². The highest BCUT2D eigenvalue weighted by molar-refractivity contribution is 5.90. The number of aromatic nitrogens is 3. The van der Waals surface area contributed by atoms with E-state index in [1.807, 2.05) is 6.07 Å². The standard InChI is InChI=1S/C13H8N4O2/c18-17(19)11-5-1-3-9(7-11)13-12-10(8-15-16-13)4-2-6-14-12/h1-8H. The first kappa shape index (κ1) is 11.2. The van der Waals surface area contributed by atoms with Crippen molar-refractivity contribution in [2.45, 2.75) is 0 Å². The van der Waals surface area contributed by atoms with Gasteiger partial charge in [-0.1, -0.05) is 12.1 Å². The Hall–Kier alpha value is -2.89. The number of hydrogen-bond acceptors (Lipinski definition) is 5. The molecule has 0 aliphatic carbocycles. The minimum absolute atomic E-state index is 0.0206. The molecular formula is C13H8N4O2. The summed E-state index contributed by atoms with van der Waals surface area (Å²) >= 11 is 0. The van der Waals surface area contributed by atoms with E-state index in [1.54, 1.807) is 30.6 Å². The van der Waals surface area contributed by atoms with Gasteiger partial charge < -0.3 is 0 Å². The molecule has 0 aliphatic heterocycles. The van der Waals surface area contributed by atoms with E-state index in [0.29, 0.717) is 16.8 Å². The molecule has 3 aromatic rings. The molecule has 0 N–H and O–H groups in total. The summed E-state index contributed by atoms with van der Waals surface area (Å²) in [5, 5.41) is 19.6. The molecule has 0 radical (unpaired) electrons. The normalized spacial score (nSPS) is 10.5. The fourth-order valence-electron chi connectivity index (χ4n) is 1.88. The molecule has 2 heterocycles. The molecule has 0 spiro atoms. The first-order chi connectivity index (χ1) is 9.25. The summed E-state index contributed by atoms with van der Waals surface area (Å²) in [4.78, 5) is 14.6. The van der Waals surface area contributed by atoms with Crippen LogP contribution in [0, 0.1) is 10.1 Å². The second-order valence-corrected chi connectivity index (χ2v) is 3.94. The molecule has 19 heavy (non-hydrogen) atoms. The molecule has 0 unspecified atom stereocenters. The zero-order valence-electron chi connectivity index (χ0n) is 9.72. The minimum Gasteiger partial charge on any atom is -0.258 e. The van der Waals surface area contributed by atoms with Crippen molar-refractivity contribution in [3.63, 3.8) is 0 Å². The summed E-state index contributed by atoms with van der Waals surface area (Å²) in [6, 6.07) is 9.97. The third-order valence-corrected chi connectivity index (χ3v) is 2.75. The highest BCUT2D eigenvalue weighted by atomic mass is 16.6. The lowest BCUT2D eigenvalue weighted by Gasteiger charge is -2.03. The third-order valence-electron chi connectivity index (χ3n) is 2.75. The quantitative estimate of drug-likeness (QED) is 0.517. The van der Waals surface area contributed by atoms with Crippen LogP contribution in [0.4, 0.5) is 5.69 Å². The Morgan fingerprint density at radius 1 is 1.16 bits per heavy atom. The highest BCUT2D eigenvalue weighted by Gasteiger charge is 2.11. The Bertz CT molecular complexity index is 768. The number of pyridine rings is 1.